The van der Waals surface area contributed by atoms with E-state index in [9.17, 15) is 14.4 Å². The zero-order valence-electron chi connectivity index (χ0n) is 16.4. The Balaban J connectivity index is 1.94. The average molecular weight is 416 g/mol. The number of thioether (sulfide) groups is 1. The Morgan fingerprint density at radius 1 is 0.931 bits per heavy atom. The molecule has 0 saturated carbocycles. The van der Waals surface area contributed by atoms with Gasteiger partial charge in [0, 0.05) is 11.1 Å². The Kier molecular flexibility index (Phi) is 9.04. The number of benzene rings is 2. The summed E-state index contributed by atoms with van der Waals surface area (Å²) in [4.78, 5) is 37.1. The van der Waals surface area contributed by atoms with Crippen molar-refractivity contribution in [1.29, 1.82) is 0 Å². The Bertz CT molecular complexity index is 812. The van der Waals surface area contributed by atoms with Crippen LogP contribution in [0.2, 0.25) is 0 Å². The molecular weight excluding hydrogens is 390 g/mol. The van der Waals surface area contributed by atoms with Crippen molar-refractivity contribution in [2.24, 2.45) is 0 Å². The highest BCUT2D eigenvalue weighted by Gasteiger charge is 2.21. The quantitative estimate of drug-likeness (QED) is 0.547. The summed E-state index contributed by atoms with van der Waals surface area (Å²) >= 11 is 1.57. The van der Waals surface area contributed by atoms with Crippen LogP contribution in [0.3, 0.4) is 0 Å². The van der Waals surface area contributed by atoms with Crippen molar-refractivity contribution in [2.75, 3.05) is 18.6 Å². The minimum atomic E-state index is -0.768. The molecule has 0 saturated heterocycles. The molecule has 0 aliphatic rings. The second-order valence-corrected chi connectivity index (χ2v) is 7.06. The van der Waals surface area contributed by atoms with Crippen molar-refractivity contribution < 1.29 is 19.1 Å². The Morgan fingerprint density at radius 3 is 2.21 bits per heavy atom. The lowest BCUT2D eigenvalue weighted by molar-refractivity contribution is -0.123. The number of hydrazine groups is 1. The van der Waals surface area contributed by atoms with Gasteiger partial charge >= 0.3 is 0 Å². The molecule has 0 aliphatic heterocycles. The Labute approximate surface area is 174 Å². The fraction of sp³-hybridized carbons (Fsp3) is 0.286. The number of rotatable bonds is 9. The highest BCUT2D eigenvalue weighted by molar-refractivity contribution is 7.98. The third-order valence-electron chi connectivity index (χ3n) is 4.00. The second kappa shape index (κ2) is 11.8. The summed E-state index contributed by atoms with van der Waals surface area (Å²) in [6, 6.07) is 14.5. The molecule has 2 aromatic rings. The lowest BCUT2D eigenvalue weighted by Crippen LogP contribution is -2.52. The molecule has 0 heterocycles. The van der Waals surface area contributed by atoms with Crippen LogP contribution < -0.4 is 20.9 Å². The minimum absolute atomic E-state index is 0.343. The van der Waals surface area contributed by atoms with E-state index in [0.717, 1.165) is 0 Å². The van der Waals surface area contributed by atoms with Crippen molar-refractivity contribution in [2.45, 2.75) is 19.4 Å². The molecule has 8 heteroatoms. The van der Waals surface area contributed by atoms with Gasteiger partial charge in [-0.1, -0.05) is 18.2 Å². The van der Waals surface area contributed by atoms with Gasteiger partial charge in [-0.05, 0) is 61.8 Å². The molecule has 0 bridgehead atoms. The minimum Gasteiger partial charge on any atom is -0.494 e. The zero-order chi connectivity index (χ0) is 21.1. The molecule has 0 fully saturated rings. The van der Waals surface area contributed by atoms with Gasteiger partial charge in [0.05, 0.1) is 6.61 Å². The lowest BCUT2D eigenvalue weighted by Gasteiger charge is -2.18. The Hall–Kier alpha value is -3.00. The molecule has 0 radical (unpaired) electrons. The van der Waals surface area contributed by atoms with Gasteiger partial charge < -0.3 is 10.1 Å². The van der Waals surface area contributed by atoms with Gasteiger partial charge in [-0.2, -0.15) is 11.8 Å². The first-order chi connectivity index (χ1) is 14.0. The molecule has 3 amide bonds. The molecule has 3 N–H and O–H groups in total. The first-order valence-electron chi connectivity index (χ1n) is 9.23. The van der Waals surface area contributed by atoms with Crippen molar-refractivity contribution in [3.05, 3.63) is 65.7 Å². The van der Waals surface area contributed by atoms with Crippen molar-refractivity contribution in [3.63, 3.8) is 0 Å². The van der Waals surface area contributed by atoms with Gasteiger partial charge in [-0.25, -0.2) is 0 Å². The molecule has 7 nitrogen and oxygen atoms in total. The smallest absolute Gasteiger partial charge is 0.269 e. The van der Waals surface area contributed by atoms with E-state index < -0.39 is 17.9 Å². The van der Waals surface area contributed by atoms with E-state index in [4.69, 9.17) is 4.74 Å². The van der Waals surface area contributed by atoms with Crippen LogP contribution in [-0.2, 0) is 4.79 Å². The Morgan fingerprint density at radius 2 is 1.59 bits per heavy atom. The van der Waals surface area contributed by atoms with E-state index in [2.05, 4.69) is 16.2 Å². The van der Waals surface area contributed by atoms with Gasteiger partial charge in [-0.15, -0.1) is 0 Å². The van der Waals surface area contributed by atoms with E-state index in [0.29, 0.717) is 35.7 Å². The van der Waals surface area contributed by atoms with Gasteiger partial charge in [0.2, 0.25) is 0 Å². The number of carbonyl (C=O) groups excluding carboxylic acids is 3. The third-order valence-corrected chi connectivity index (χ3v) is 4.64. The van der Waals surface area contributed by atoms with Crippen LogP contribution in [0.25, 0.3) is 0 Å². The molecule has 0 aliphatic carbocycles. The topological polar surface area (TPSA) is 96.5 Å². The summed E-state index contributed by atoms with van der Waals surface area (Å²) in [6.07, 6.45) is 2.35. The maximum Gasteiger partial charge on any atom is 0.269 e. The van der Waals surface area contributed by atoms with Gasteiger partial charge in [0.1, 0.15) is 11.8 Å². The predicted octanol–water partition coefficient (Wildman–Crippen LogP) is 2.40. The molecule has 0 aromatic heterocycles. The van der Waals surface area contributed by atoms with E-state index in [1.165, 1.54) is 0 Å². The first-order valence-corrected chi connectivity index (χ1v) is 10.6. The fourth-order valence-electron chi connectivity index (χ4n) is 2.48. The van der Waals surface area contributed by atoms with E-state index >= 15 is 0 Å². The van der Waals surface area contributed by atoms with Crippen LogP contribution in [0.1, 0.15) is 34.1 Å². The molecule has 2 rings (SSSR count). The highest BCUT2D eigenvalue weighted by atomic mass is 32.2. The third kappa shape index (κ3) is 7.15. The van der Waals surface area contributed by atoms with E-state index in [1.54, 1.807) is 60.3 Å². The van der Waals surface area contributed by atoms with Crippen molar-refractivity contribution in [3.8, 4) is 5.75 Å². The fourth-order valence-corrected chi connectivity index (χ4v) is 2.95. The zero-order valence-corrected chi connectivity index (χ0v) is 17.3. The van der Waals surface area contributed by atoms with Gasteiger partial charge in [0.15, 0.2) is 0 Å². The molecular formula is C21H25N3O4S. The SMILES string of the molecule is CCOc1ccc(C(=O)NNC(=O)[C@H](CCSC)NC(=O)c2ccccc2)cc1. The van der Waals surface area contributed by atoms with Crippen molar-refractivity contribution >= 4 is 29.5 Å². The van der Waals surface area contributed by atoms with Crippen LogP contribution >= 0.6 is 11.8 Å². The number of ether oxygens (including phenoxy) is 1. The number of amides is 3. The highest BCUT2D eigenvalue weighted by Crippen LogP contribution is 2.11. The molecule has 0 spiro atoms. The average Bonchev–Trinajstić information content (AvgIpc) is 2.76. The van der Waals surface area contributed by atoms with Crippen LogP contribution in [0.15, 0.2) is 54.6 Å². The van der Waals surface area contributed by atoms with Gasteiger partial charge in [-0.3, -0.25) is 25.2 Å². The number of hydrogen-bond donors (Lipinski definition) is 3. The number of carbonyl (C=O) groups is 3. The predicted molar refractivity (Wildman–Crippen MR) is 114 cm³/mol. The lowest BCUT2D eigenvalue weighted by atomic mass is 10.1. The molecule has 154 valence electrons. The van der Waals surface area contributed by atoms with E-state index in [-0.39, 0.29) is 5.91 Å². The first kappa shape index (κ1) is 22.3. The summed E-state index contributed by atoms with van der Waals surface area (Å²) in [6.45, 7) is 2.41. The summed E-state index contributed by atoms with van der Waals surface area (Å²) in [5, 5.41) is 2.72. The van der Waals surface area contributed by atoms with E-state index in [1.807, 2.05) is 19.2 Å². The second-order valence-electron chi connectivity index (χ2n) is 6.07. The summed E-state index contributed by atoms with van der Waals surface area (Å²) in [5.41, 5.74) is 5.62. The molecule has 29 heavy (non-hydrogen) atoms. The largest absolute Gasteiger partial charge is 0.494 e. The number of hydrogen-bond acceptors (Lipinski definition) is 5. The maximum atomic E-state index is 12.5. The molecule has 1 atom stereocenters. The van der Waals surface area contributed by atoms with Crippen LogP contribution in [0.4, 0.5) is 0 Å². The van der Waals surface area contributed by atoms with Crippen LogP contribution in [0, 0.1) is 0 Å². The normalized spacial score (nSPS) is 11.2. The molecule has 0 unspecified atom stereocenters. The molecule has 2 aromatic carbocycles. The monoisotopic (exact) mass is 415 g/mol. The van der Waals surface area contributed by atoms with Gasteiger partial charge in [0.25, 0.3) is 17.7 Å². The number of nitrogens with one attached hydrogen (secondary N) is 3. The van der Waals surface area contributed by atoms with Crippen molar-refractivity contribution in [1.82, 2.24) is 16.2 Å². The van der Waals surface area contributed by atoms with Crippen LogP contribution in [0.5, 0.6) is 5.75 Å². The standard InChI is InChI=1S/C21H25N3O4S/c1-3-28-17-11-9-16(10-12-17)20(26)23-24-21(27)18(13-14-29-2)22-19(25)15-7-5-4-6-8-15/h4-12,18H,3,13-14H2,1-2H3,(H,22,25)(H,23,26)(H,24,27)/t18-/m0/s1. The summed E-state index contributed by atoms with van der Waals surface area (Å²) < 4.78 is 5.34. The maximum absolute atomic E-state index is 12.5. The van der Waals surface area contributed by atoms with Crippen LogP contribution in [-0.4, -0.2) is 42.4 Å². The summed E-state index contributed by atoms with van der Waals surface area (Å²) in [7, 11) is 0. The summed E-state index contributed by atoms with van der Waals surface area (Å²) in [5.74, 6) is 0.0561.